The molecule has 3 aromatic rings. The smallest absolute Gasteiger partial charge is 0.166 e. The first kappa shape index (κ1) is 14.6. The lowest BCUT2D eigenvalue weighted by Gasteiger charge is -2.29. The number of fused-ring (bicyclic) bond motifs is 3. The molecule has 1 aliphatic carbocycles. The number of aromatic nitrogens is 3. The SMILES string of the molecule is CC1(C)CC(=O)c2cnc3c(-c4cccc(Br)c4)cnn3c2C1. The van der Waals surface area contributed by atoms with Crippen LogP contribution in [0, 0.1) is 5.41 Å². The molecular formula is C18H16BrN3O. The molecule has 0 unspecified atom stereocenters. The molecule has 2 aromatic heterocycles. The van der Waals surface area contributed by atoms with Crippen LogP contribution in [-0.4, -0.2) is 20.4 Å². The number of nitrogens with zero attached hydrogens (tertiary/aromatic N) is 3. The van der Waals surface area contributed by atoms with E-state index in [1.54, 1.807) is 6.20 Å². The van der Waals surface area contributed by atoms with E-state index in [1.807, 2.05) is 35.0 Å². The Morgan fingerprint density at radius 2 is 2.00 bits per heavy atom. The number of halogens is 1. The van der Waals surface area contributed by atoms with Gasteiger partial charge >= 0.3 is 0 Å². The van der Waals surface area contributed by atoms with Crippen LogP contribution < -0.4 is 0 Å². The molecule has 0 aliphatic heterocycles. The topological polar surface area (TPSA) is 47.3 Å². The molecule has 5 heteroatoms. The lowest BCUT2D eigenvalue weighted by Crippen LogP contribution is -2.29. The number of Topliss-reactive ketones (excluding diaryl/α,β-unsaturated/α-hetero) is 1. The molecule has 0 saturated carbocycles. The first-order valence-electron chi connectivity index (χ1n) is 7.59. The van der Waals surface area contributed by atoms with E-state index in [9.17, 15) is 4.79 Å². The summed E-state index contributed by atoms with van der Waals surface area (Å²) in [6, 6.07) is 8.07. The second-order valence-corrected chi connectivity index (χ2v) is 7.78. The highest BCUT2D eigenvalue weighted by Gasteiger charge is 2.33. The lowest BCUT2D eigenvalue weighted by atomic mass is 9.76. The normalized spacial score (nSPS) is 16.6. The molecule has 1 aromatic carbocycles. The quantitative estimate of drug-likeness (QED) is 0.641. The molecule has 4 nitrogen and oxygen atoms in total. The number of hydrogen-bond donors (Lipinski definition) is 0. The van der Waals surface area contributed by atoms with Crippen LogP contribution >= 0.6 is 15.9 Å². The minimum Gasteiger partial charge on any atom is -0.294 e. The summed E-state index contributed by atoms with van der Waals surface area (Å²) in [5.74, 6) is 0.158. The third-order valence-corrected chi connectivity index (χ3v) is 4.84. The summed E-state index contributed by atoms with van der Waals surface area (Å²) in [6.45, 7) is 4.25. The first-order chi connectivity index (χ1) is 10.9. The van der Waals surface area contributed by atoms with E-state index >= 15 is 0 Å². The number of rotatable bonds is 1. The molecule has 116 valence electrons. The summed E-state index contributed by atoms with van der Waals surface area (Å²) >= 11 is 3.50. The van der Waals surface area contributed by atoms with Crippen LogP contribution in [0.5, 0.6) is 0 Å². The Bertz CT molecular complexity index is 943. The minimum absolute atomic E-state index is 0.0414. The number of carbonyl (C=O) groups excluding carboxylic acids is 1. The van der Waals surface area contributed by atoms with Gasteiger partial charge in [-0.2, -0.15) is 5.10 Å². The predicted molar refractivity (Wildman–Crippen MR) is 92.6 cm³/mol. The third kappa shape index (κ3) is 2.39. The van der Waals surface area contributed by atoms with Crippen molar-refractivity contribution in [2.24, 2.45) is 5.41 Å². The highest BCUT2D eigenvalue weighted by atomic mass is 79.9. The van der Waals surface area contributed by atoms with Gasteiger partial charge in [0, 0.05) is 22.7 Å². The van der Waals surface area contributed by atoms with Crippen molar-refractivity contribution in [2.75, 3.05) is 0 Å². The van der Waals surface area contributed by atoms with Crippen molar-refractivity contribution in [2.45, 2.75) is 26.7 Å². The van der Waals surface area contributed by atoms with Gasteiger partial charge in [-0.25, -0.2) is 9.50 Å². The van der Waals surface area contributed by atoms with Gasteiger partial charge < -0.3 is 0 Å². The molecule has 0 fully saturated rings. The van der Waals surface area contributed by atoms with Crippen LogP contribution in [-0.2, 0) is 6.42 Å². The van der Waals surface area contributed by atoms with E-state index in [2.05, 4.69) is 39.9 Å². The maximum atomic E-state index is 12.4. The van der Waals surface area contributed by atoms with Gasteiger partial charge in [-0.15, -0.1) is 0 Å². The number of ketones is 1. The average molecular weight is 370 g/mol. The molecule has 23 heavy (non-hydrogen) atoms. The Labute approximate surface area is 142 Å². The standard InChI is InChI=1S/C18H16BrN3O/c1-18(2)7-15-14(16(23)8-18)9-20-17-13(10-21-22(15)17)11-4-3-5-12(19)6-11/h3-6,9-10H,7-8H2,1-2H3. The molecule has 0 atom stereocenters. The zero-order valence-corrected chi connectivity index (χ0v) is 14.6. The average Bonchev–Trinajstić information content (AvgIpc) is 2.90. The van der Waals surface area contributed by atoms with Crippen LogP contribution in [0.4, 0.5) is 0 Å². The van der Waals surface area contributed by atoms with Crippen molar-refractivity contribution < 1.29 is 4.79 Å². The van der Waals surface area contributed by atoms with Crippen molar-refractivity contribution in [3.8, 4) is 11.1 Å². The largest absolute Gasteiger partial charge is 0.294 e. The lowest BCUT2D eigenvalue weighted by molar-refractivity contribution is 0.0908. The van der Waals surface area contributed by atoms with Crippen molar-refractivity contribution >= 4 is 27.4 Å². The Morgan fingerprint density at radius 3 is 2.78 bits per heavy atom. The third-order valence-electron chi connectivity index (χ3n) is 4.35. The molecule has 0 spiro atoms. The molecule has 1 aliphatic rings. The summed E-state index contributed by atoms with van der Waals surface area (Å²) in [7, 11) is 0. The van der Waals surface area contributed by atoms with Gasteiger partial charge in [-0.3, -0.25) is 4.79 Å². The Morgan fingerprint density at radius 1 is 1.17 bits per heavy atom. The Balaban J connectivity index is 1.95. The van der Waals surface area contributed by atoms with E-state index < -0.39 is 0 Å². The maximum Gasteiger partial charge on any atom is 0.166 e. The second-order valence-electron chi connectivity index (χ2n) is 6.86. The fraction of sp³-hybridized carbons (Fsp3) is 0.278. The Kier molecular flexibility index (Phi) is 3.17. The fourth-order valence-corrected chi connectivity index (χ4v) is 3.69. The summed E-state index contributed by atoms with van der Waals surface area (Å²) in [4.78, 5) is 16.9. The summed E-state index contributed by atoms with van der Waals surface area (Å²) in [5.41, 5.74) is 4.47. The van der Waals surface area contributed by atoms with Crippen LogP contribution in [0.15, 0.2) is 41.1 Å². The van der Waals surface area contributed by atoms with Gasteiger partial charge in [0.05, 0.1) is 17.5 Å². The fourth-order valence-electron chi connectivity index (χ4n) is 3.29. The van der Waals surface area contributed by atoms with Crippen LogP contribution in [0.2, 0.25) is 0 Å². The van der Waals surface area contributed by atoms with Crippen molar-refractivity contribution in [1.82, 2.24) is 14.6 Å². The second kappa shape index (κ2) is 4.99. The van der Waals surface area contributed by atoms with E-state index in [-0.39, 0.29) is 11.2 Å². The van der Waals surface area contributed by atoms with Crippen molar-refractivity contribution in [3.05, 3.63) is 52.4 Å². The van der Waals surface area contributed by atoms with Gasteiger partial charge in [0.15, 0.2) is 11.4 Å². The molecule has 0 N–H and O–H groups in total. The summed E-state index contributed by atoms with van der Waals surface area (Å²) in [5, 5.41) is 4.52. The molecule has 0 radical (unpaired) electrons. The van der Waals surface area contributed by atoms with Crippen LogP contribution in [0.1, 0.15) is 36.3 Å². The Hall–Kier alpha value is -2.01. The van der Waals surface area contributed by atoms with Gasteiger partial charge in [0.2, 0.25) is 0 Å². The number of hydrogen-bond acceptors (Lipinski definition) is 3. The van der Waals surface area contributed by atoms with Crippen molar-refractivity contribution in [3.63, 3.8) is 0 Å². The molecule has 0 amide bonds. The monoisotopic (exact) mass is 369 g/mol. The zero-order chi connectivity index (χ0) is 16.2. The van der Waals surface area contributed by atoms with Gasteiger partial charge in [-0.05, 0) is 29.5 Å². The molecule has 2 heterocycles. The van der Waals surface area contributed by atoms with E-state index in [0.717, 1.165) is 33.4 Å². The van der Waals surface area contributed by atoms with Crippen LogP contribution in [0.25, 0.3) is 16.8 Å². The van der Waals surface area contributed by atoms with E-state index in [0.29, 0.717) is 12.0 Å². The minimum atomic E-state index is -0.0414. The molecule has 0 bridgehead atoms. The van der Waals surface area contributed by atoms with Gasteiger partial charge in [0.1, 0.15) is 0 Å². The zero-order valence-electron chi connectivity index (χ0n) is 13.0. The van der Waals surface area contributed by atoms with E-state index in [4.69, 9.17) is 0 Å². The summed E-state index contributed by atoms with van der Waals surface area (Å²) in [6.07, 6.45) is 4.93. The van der Waals surface area contributed by atoms with Crippen molar-refractivity contribution in [1.29, 1.82) is 0 Å². The maximum absolute atomic E-state index is 12.4. The molecule has 0 saturated heterocycles. The van der Waals surface area contributed by atoms with Crippen LogP contribution in [0.3, 0.4) is 0 Å². The molecular weight excluding hydrogens is 354 g/mol. The van der Waals surface area contributed by atoms with Gasteiger partial charge in [0.25, 0.3) is 0 Å². The summed E-state index contributed by atoms with van der Waals surface area (Å²) < 4.78 is 2.85. The molecule has 4 rings (SSSR count). The van der Waals surface area contributed by atoms with Gasteiger partial charge in [-0.1, -0.05) is 41.9 Å². The highest BCUT2D eigenvalue weighted by Crippen LogP contribution is 2.35. The van der Waals surface area contributed by atoms with E-state index in [1.165, 1.54) is 0 Å². The number of carbonyl (C=O) groups is 1. The number of benzene rings is 1. The predicted octanol–water partition coefficient (Wildman–Crippen LogP) is 4.31. The highest BCUT2D eigenvalue weighted by molar-refractivity contribution is 9.10. The first-order valence-corrected chi connectivity index (χ1v) is 8.39.